The molecule has 9 aromatic carbocycles. The van der Waals surface area contributed by atoms with Crippen LogP contribution in [0.25, 0.3) is 87.3 Å². The maximum absolute atomic E-state index is 9.16. The zero-order valence-electron chi connectivity index (χ0n) is 33.2. The molecular formula is C56H40N4. The van der Waals surface area contributed by atoms with Crippen molar-refractivity contribution >= 4 is 88.3 Å². The van der Waals surface area contributed by atoms with E-state index in [4.69, 9.17) is 10.5 Å². The minimum Gasteiger partial charge on any atom is -0.299 e. The van der Waals surface area contributed by atoms with Crippen LogP contribution in [0.3, 0.4) is 0 Å². The van der Waals surface area contributed by atoms with Crippen molar-refractivity contribution in [3.8, 4) is 22.3 Å². The molecule has 0 spiro atoms. The van der Waals surface area contributed by atoms with Crippen molar-refractivity contribution in [2.24, 2.45) is 10.1 Å². The van der Waals surface area contributed by atoms with Crippen LogP contribution in [0.4, 0.5) is 5.69 Å². The van der Waals surface area contributed by atoms with Crippen molar-refractivity contribution in [2.45, 2.75) is 6.92 Å². The molecule has 1 aliphatic carbocycles. The molecule has 0 heterocycles. The van der Waals surface area contributed by atoms with Crippen molar-refractivity contribution in [2.75, 3.05) is 5.43 Å². The van der Waals surface area contributed by atoms with E-state index < -0.39 is 0 Å². The predicted octanol–water partition coefficient (Wildman–Crippen LogP) is 14.8. The highest BCUT2D eigenvalue weighted by Gasteiger charge is 2.21. The Bertz CT molecular complexity index is 3260. The van der Waals surface area contributed by atoms with Gasteiger partial charge in [-0.05, 0) is 130 Å². The molecular weight excluding hydrogens is 729 g/mol. The van der Waals surface area contributed by atoms with Crippen molar-refractivity contribution in [1.82, 2.24) is 0 Å². The zero-order valence-corrected chi connectivity index (χ0v) is 33.2. The van der Waals surface area contributed by atoms with Gasteiger partial charge < -0.3 is 0 Å². The summed E-state index contributed by atoms with van der Waals surface area (Å²) in [6.07, 6.45) is 11.5. The average molecular weight is 769 g/mol. The smallest absolute Gasteiger partial charge is 0.108 e. The van der Waals surface area contributed by atoms with E-state index in [1.54, 1.807) is 6.20 Å². The quantitative estimate of drug-likeness (QED) is 0.0688. The first-order chi connectivity index (χ1) is 29.6. The molecule has 0 saturated carbocycles. The number of nitrogens with one attached hydrogen (secondary N) is 2. The molecule has 0 amide bonds. The van der Waals surface area contributed by atoms with Gasteiger partial charge in [0, 0.05) is 12.4 Å². The SMILES string of the molecule is C=C/N=C\C(=C/C)c1c2ccccc2c(-c2ccc(N/N=C3/C=CC(c4c5ccccc5c(-c5cccc6ccccc56)c5ccccc45)=CC3=N)cc2)c2ccccc12. The standard InChI is InChI=1S/C56H40N4/c1-3-36(35-58-4-2)53-43-19-7-9-21-45(43)54(46-22-10-8-20-44(46)53)38-28-31-40(32-29-38)59-60-52-33-30-39(34-51(52)57)55-47-23-11-13-25-49(47)56(50-26-14-12-24-48(50)55)42-27-15-17-37-16-5-6-18-41(37)42/h3-35,57,59H,2H2,1H3/b36-3+,57-51?,58-35-,60-52-. The summed E-state index contributed by atoms with van der Waals surface area (Å²) in [6, 6.07) is 58.0. The Kier molecular flexibility index (Phi) is 9.36. The molecule has 0 radical (unpaired) electrons. The van der Waals surface area contributed by atoms with Gasteiger partial charge in [0.25, 0.3) is 0 Å². The number of allylic oxidation sites excluding steroid dienone is 6. The maximum Gasteiger partial charge on any atom is 0.108 e. The third-order valence-electron chi connectivity index (χ3n) is 11.6. The van der Waals surface area contributed by atoms with E-state index in [2.05, 4.69) is 193 Å². The van der Waals surface area contributed by atoms with Crippen LogP contribution >= 0.6 is 0 Å². The molecule has 4 nitrogen and oxygen atoms in total. The fourth-order valence-electron chi connectivity index (χ4n) is 8.97. The molecule has 0 unspecified atom stereocenters. The van der Waals surface area contributed by atoms with Crippen LogP contribution in [0.15, 0.2) is 211 Å². The Morgan fingerprint density at radius 3 is 1.63 bits per heavy atom. The van der Waals surface area contributed by atoms with Crippen LogP contribution in [0.1, 0.15) is 18.1 Å². The Balaban J connectivity index is 0.984. The summed E-state index contributed by atoms with van der Waals surface area (Å²) in [5.74, 6) is 0. The highest BCUT2D eigenvalue weighted by atomic mass is 15.3. The Morgan fingerprint density at radius 1 is 0.550 bits per heavy atom. The lowest BCUT2D eigenvalue weighted by molar-refractivity contribution is 1.34. The summed E-state index contributed by atoms with van der Waals surface area (Å²) in [5, 5.41) is 25.7. The second-order valence-corrected chi connectivity index (χ2v) is 14.9. The number of hydrogen-bond donors (Lipinski definition) is 2. The van der Waals surface area contributed by atoms with Crippen LogP contribution < -0.4 is 5.43 Å². The predicted molar refractivity (Wildman–Crippen MR) is 260 cm³/mol. The summed E-state index contributed by atoms with van der Waals surface area (Å²) in [5.41, 5.74) is 14.0. The molecule has 0 bridgehead atoms. The number of benzene rings is 9. The van der Waals surface area contributed by atoms with Crippen LogP contribution in [-0.2, 0) is 0 Å². The van der Waals surface area contributed by atoms with Gasteiger partial charge in [0.05, 0.1) is 11.4 Å². The van der Waals surface area contributed by atoms with E-state index in [-0.39, 0.29) is 0 Å². The van der Waals surface area contributed by atoms with Crippen molar-refractivity contribution < 1.29 is 0 Å². The third-order valence-corrected chi connectivity index (χ3v) is 11.6. The largest absolute Gasteiger partial charge is 0.299 e. The Labute approximate surface area is 349 Å². The maximum atomic E-state index is 9.16. The van der Waals surface area contributed by atoms with Crippen LogP contribution in [0.5, 0.6) is 0 Å². The fraction of sp³-hybridized carbons (Fsp3) is 0.0179. The van der Waals surface area contributed by atoms with Crippen LogP contribution in [-0.4, -0.2) is 17.6 Å². The minimum absolute atomic E-state index is 0.347. The number of hydrogen-bond acceptors (Lipinski definition) is 4. The minimum atomic E-state index is 0.347. The molecule has 4 heteroatoms. The molecule has 2 N–H and O–H groups in total. The summed E-state index contributed by atoms with van der Waals surface area (Å²) >= 11 is 0. The lowest BCUT2D eigenvalue weighted by Gasteiger charge is -2.20. The van der Waals surface area contributed by atoms with Gasteiger partial charge in [0.2, 0.25) is 0 Å². The van der Waals surface area contributed by atoms with Crippen molar-refractivity contribution in [3.05, 3.63) is 212 Å². The van der Waals surface area contributed by atoms with E-state index in [9.17, 15) is 0 Å². The van der Waals surface area contributed by atoms with E-state index in [0.717, 1.165) is 44.3 Å². The highest BCUT2D eigenvalue weighted by Crippen LogP contribution is 2.45. The van der Waals surface area contributed by atoms with Gasteiger partial charge in [-0.25, -0.2) is 0 Å². The van der Waals surface area contributed by atoms with Crippen molar-refractivity contribution in [1.29, 1.82) is 5.41 Å². The summed E-state index contributed by atoms with van der Waals surface area (Å²) in [6.45, 7) is 5.83. The fourth-order valence-corrected chi connectivity index (χ4v) is 8.97. The number of nitrogens with zero attached hydrogens (tertiary/aromatic N) is 2. The van der Waals surface area contributed by atoms with E-state index in [0.29, 0.717) is 11.4 Å². The lowest BCUT2D eigenvalue weighted by atomic mass is 9.83. The van der Waals surface area contributed by atoms with Crippen LogP contribution in [0.2, 0.25) is 0 Å². The van der Waals surface area contributed by atoms with E-state index in [1.807, 2.05) is 25.3 Å². The molecule has 9 aromatic rings. The molecule has 0 aliphatic heterocycles. The normalized spacial score (nSPS) is 13.9. The number of aliphatic imine (C=N–C) groups is 1. The van der Waals surface area contributed by atoms with Gasteiger partial charge in [-0.3, -0.25) is 15.8 Å². The van der Waals surface area contributed by atoms with E-state index >= 15 is 0 Å². The molecule has 0 saturated heterocycles. The number of hydrazone groups is 1. The second kappa shape index (κ2) is 15.4. The summed E-state index contributed by atoms with van der Waals surface area (Å²) in [7, 11) is 0. The number of anilines is 1. The molecule has 1 aliphatic rings. The molecule has 10 rings (SSSR count). The second-order valence-electron chi connectivity index (χ2n) is 14.9. The first-order valence-electron chi connectivity index (χ1n) is 20.2. The van der Waals surface area contributed by atoms with Gasteiger partial charge in [-0.15, -0.1) is 0 Å². The summed E-state index contributed by atoms with van der Waals surface area (Å²) in [4.78, 5) is 4.37. The average Bonchev–Trinajstić information content (AvgIpc) is 3.30. The Morgan fingerprint density at radius 2 is 1.07 bits per heavy atom. The number of rotatable bonds is 8. The first kappa shape index (κ1) is 36.4. The van der Waals surface area contributed by atoms with E-state index in [1.165, 1.54) is 59.8 Å². The van der Waals surface area contributed by atoms with Gasteiger partial charge >= 0.3 is 0 Å². The zero-order chi connectivity index (χ0) is 40.6. The monoisotopic (exact) mass is 768 g/mol. The van der Waals surface area contributed by atoms with Gasteiger partial charge in [-0.2, -0.15) is 5.10 Å². The van der Waals surface area contributed by atoms with Gasteiger partial charge in [0.15, 0.2) is 0 Å². The molecule has 60 heavy (non-hydrogen) atoms. The molecule has 0 atom stereocenters. The van der Waals surface area contributed by atoms with Crippen molar-refractivity contribution in [3.63, 3.8) is 0 Å². The lowest BCUT2D eigenvalue weighted by Crippen LogP contribution is -2.13. The highest BCUT2D eigenvalue weighted by molar-refractivity contribution is 6.52. The molecule has 0 fully saturated rings. The molecule has 0 aromatic heterocycles. The summed E-state index contributed by atoms with van der Waals surface area (Å²) < 4.78 is 0. The van der Waals surface area contributed by atoms with Crippen LogP contribution in [0, 0.1) is 5.41 Å². The Hall–Kier alpha value is -7.95. The topological polar surface area (TPSA) is 60.6 Å². The molecule has 284 valence electrons. The number of fused-ring (bicyclic) bond motifs is 5. The van der Waals surface area contributed by atoms with Gasteiger partial charge in [0.1, 0.15) is 5.71 Å². The first-order valence-corrected chi connectivity index (χ1v) is 20.2. The van der Waals surface area contributed by atoms with Gasteiger partial charge in [-0.1, -0.05) is 170 Å². The third kappa shape index (κ3) is 6.23.